The number of benzene rings is 2. The summed E-state index contributed by atoms with van der Waals surface area (Å²) in [5.41, 5.74) is -0.271. The quantitative estimate of drug-likeness (QED) is 0.365. The van der Waals surface area contributed by atoms with Crippen LogP contribution in [0.25, 0.3) is 0 Å². The van der Waals surface area contributed by atoms with Crippen molar-refractivity contribution in [3.8, 4) is 0 Å². The van der Waals surface area contributed by atoms with Crippen molar-refractivity contribution < 1.29 is 34.6 Å². The zero-order valence-corrected chi connectivity index (χ0v) is 15.2. The molecule has 0 aliphatic heterocycles. The number of amides is 1. The van der Waals surface area contributed by atoms with Crippen LogP contribution in [0.15, 0.2) is 48.5 Å². The highest BCUT2D eigenvalue weighted by Crippen LogP contribution is 2.27. The molecule has 1 amide bonds. The summed E-state index contributed by atoms with van der Waals surface area (Å²) in [6, 6.07) is 11.9. The first-order chi connectivity index (χ1) is 13.8. The summed E-state index contributed by atoms with van der Waals surface area (Å²) in [6.07, 6.45) is -4.02. The van der Waals surface area contributed by atoms with Crippen molar-refractivity contribution in [3.63, 3.8) is 0 Å². The maximum Gasteiger partial charge on any atom is 0.407 e. The van der Waals surface area contributed by atoms with Crippen LogP contribution in [0, 0.1) is 10.1 Å². The third-order valence-corrected chi connectivity index (χ3v) is 4.08. The van der Waals surface area contributed by atoms with Crippen molar-refractivity contribution in [3.05, 3.63) is 75.3 Å². The van der Waals surface area contributed by atoms with E-state index in [-0.39, 0.29) is 30.7 Å². The summed E-state index contributed by atoms with van der Waals surface area (Å²) in [5, 5.41) is 42.9. The maximum atomic E-state index is 11.7. The van der Waals surface area contributed by atoms with Gasteiger partial charge in [-0.15, -0.1) is 0 Å². The van der Waals surface area contributed by atoms with Crippen LogP contribution in [0.4, 0.5) is 10.5 Å². The van der Waals surface area contributed by atoms with Crippen molar-refractivity contribution in [1.82, 2.24) is 5.32 Å². The number of ether oxygens (including phenoxy) is 1. The minimum atomic E-state index is -1.69. The van der Waals surface area contributed by atoms with Crippen LogP contribution in [0.3, 0.4) is 0 Å². The Hall–Kier alpha value is -3.50. The first-order valence-electron chi connectivity index (χ1n) is 8.62. The smallest absolute Gasteiger partial charge is 0.407 e. The minimum absolute atomic E-state index is 0.0630. The Bertz CT molecular complexity index is 872. The summed E-state index contributed by atoms with van der Waals surface area (Å²) in [4.78, 5) is 33.1. The topological polar surface area (TPSA) is 159 Å². The van der Waals surface area contributed by atoms with Gasteiger partial charge in [-0.1, -0.05) is 30.3 Å². The molecule has 0 fully saturated rings. The van der Waals surface area contributed by atoms with Crippen LogP contribution >= 0.6 is 0 Å². The predicted molar refractivity (Wildman–Crippen MR) is 100 cm³/mol. The number of carbonyl (C=O) groups is 2. The number of aliphatic hydroxyl groups is 2. The number of aliphatic hydroxyl groups excluding tert-OH is 2. The summed E-state index contributed by atoms with van der Waals surface area (Å²) in [7, 11) is 0. The second-order valence-corrected chi connectivity index (χ2v) is 6.12. The van der Waals surface area contributed by atoms with E-state index in [1.165, 1.54) is 0 Å². The summed E-state index contributed by atoms with van der Waals surface area (Å²) < 4.78 is 5.00. The number of nitro benzene ring substituents is 1. The number of carboxylic acids is 1. The Morgan fingerprint density at radius 1 is 1.14 bits per heavy atom. The highest BCUT2D eigenvalue weighted by molar-refractivity contribution is 5.90. The highest BCUT2D eigenvalue weighted by Gasteiger charge is 2.26. The molecule has 2 aromatic carbocycles. The Kier molecular flexibility index (Phi) is 7.63. The molecule has 0 saturated carbocycles. The highest BCUT2D eigenvalue weighted by atomic mass is 16.6. The molecule has 0 bridgehead atoms. The van der Waals surface area contributed by atoms with Gasteiger partial charge < -0.3 is 25.4 Å². The average molecular weight is 404 g/mol. The van der Waals surface area contributed by atoms with Crippen molar-refractivity contribution in [2.24, 2.45) is 0 Å². The number of nitro groups is 1. The van der Waals surface area contributed by atoms with Gasteiger partial charge in [0.2, 0.25) is 0 Å². The van der Waals surface area contributed by atoms with Gasteiger partial charge in [-0.2, -0.15) is 0 Å². The molecule has 4 N–H and O–H groups in total. The average Bonchev–Trinajstić information content (AvgIpc) is 2.71. The third-order valence-electron chi connectivity index (χ3n) is 4.08. The molecule has 0 aliphatic rings. The van der Waals surface area contributed by atoms with Crippen molar-refractivity contribution in [1.29, 1.82) is 0 Å². The fourth-order valence-corrected chi connectivity index (χ4v) is 2.56. The van der Waals surface area contributed by atoms with Crippen molar-refractivity contribution in [2.45, 2.75) is 25.2 Å². The van der Waals surface area contributed by atoms with Gasteiger partial charge in [0.15, 0.2) is 0 Å². The molecule has 2 rings (SSSR count). The van der Waals surface area contributed by atoms with E-state index in [1.54, 1.807) is 24.3 Å². The lowest BCUT2D eigenvalue weighted by molar-refractivity contribution is -0.385. The van der Waals surface area contributed by atoms with Gasteiger partial charge in [0.05, 0.1) is 16.6 Å². The molecule has 29 heavy (non-hydrogen) atoms. The summed E-state index contributed by atoms with van der Waals surface area (Å²) >= 11 is 0. The van der Waals surface area contributed by atoms with Crippen LogP contribution < -0.4 is 5.32 Å². The first kappa shape index (κ1) is 21.8. The monoisotopic (exact) mass is 404 g/mol. The van der Waals surface area contributed by atoms with Gasteiger partial charge in [-0.3, -0.25) is 10.1 Å². The van der Waals surface area contributed by atoms with Crippen LogP contribution in [-0.2, 0) is 11.3 Å². The van der Waals surface area contributed by atoms with Gasteiger partial charge in [-0.25, -0.2) is 9.59 Å². The van der Waals surface area contributed by atoms with E-state index in [2.05, 4.69) is 5.32 Å². The first-order valence-corrected chi connectivity index (χ1v) is 8.62. The lowest BCUT2D eigenvalue weighted by Crippen LogP contribution is -2.30. The largest absolute Gasteiger partial charge is 0.478 e. The molecular weight excluding hydrogens is 384 g/mol. The number of nitrogens with zero attached hydrogens (tertiary/aromatic N) is 1. The molecule has 0 spiro atoms. The molecule has 0 saturated heterocycles. The second-order valence-electron chi connectivity index (χ2n) is 6.12. The van der Waals surface area contributed by atoms with Gasteiger partial charge in [0.1, 0.15) is 12.7 Å². The molecule has 0 aliphatic carbocycles. The normalized spacial score (nSPS) is 12.6. The number of non-ortho nitro benzene ring substituents is 1. The van der Waals surface area contributed by atoms with Gasteiger partial charge in [0.25, 0.3) is 5.69 Å². The number of carboxylic acid groups (broad SMARTS) is 1. The molecule has 0 aromatic heterocycles. The fraction of sp³-hybridized carbons (Fsp3) is 0.263. The van der Waals surface area contributed by atoms with E-state index < -0.39 is 34.9 Å². The Balaban J connectivity index is 1.90. The molecule has 2 atom stereocenters. The lowest BCUT2D eigenvalue weighted by Gasteiger charge is -2.19. The van der Waals surface area contributed by atoms with Gasteiger partial charge in [-0.05, 0) is 18.1 Å². The number of hydrogen-bond acceptors (Lipinski definition) is 7. The molecule has 2 unspecified atom stereocenters. The number of hydrogen-bond donors (Lipinski definition) is 4. The Morgan fingerprint density at radius 2 is 1.83 bits per heavy atom. The molecule has 0 heterocycles. The van der Waals surface area contributed by atoms with E-state index in [1.807, 2.05) is 6.07 Å². The zero-order chi connectivity index (χ0) is 21.4. The third kappa shape index (κ3) is 6.26. The number of aromatic carboxylic acids is 1. The van der Waals surface area contributed by atoms with E-state index in [4.69, 9.17) is 4.74 Å². The van der Waals surface area contributed by atoms with E-state index in [0.717, 1.165) is 23.8 Å². The van der Waals surface area contributed by atoms with Gasteiger partial charge >= 0.3 is 12.1 Å². The van der Waals surface area contributed by atoms with Gasteiger partial charge in [0, 0.05) is 24.2 Å². The minimum Gasteiger partial charge on any atom is -0.478 e. The maximum absolute atomic E-state index is 11.7. The Labute approximate surface area is 165 Å². The Morgan fingerprint density at radius 3 is 2.45 bits per heavy atom. The molecule has 154 valence electrons. The molecule has 0 radical (unpaired) electrons. The standard InChI is InChI=1S/C19H20N2O8/c22-16(8-9-20-19(26)29-11-12-4-2-1-3-5-12)17(23)15-10-13(21(27)28)6-7-14(15)18(24)25/h1-7,10,16-17,22-23H,8-9,11H2,(H,20,26)(H,24,25). The number of carbonyl (C=O) groups excluding carboxylic acids is 1. The second kappa shape index (κ2) is 10.2. The van der Waals surface area contributed by atoms with E-state index >= 15 is 0 Å². The predicted octanol–water partition coefficient (Wildman–Crippen LogP) is 2.00. The van der Waals surface area contributed by atoms with Crippen LogP contribution in [-0.4, -0.2) is 45.0 Å². The number of alkyl carbamates (subject to hydrolysis) is 1. The van der Waals surface area contributed by atoms with Crippen molar-refractivity contribution >= 4 is 17.7 Å². The molecule has 2 aromatic rings. The molecule has 10 nitrogen and oxygen atoms in total. The summed E-state index contributed by atoms with van der Waals surface area (Å²) in [5.74, 6) is -1.40. The van der Waals surface area contributed by atoms with Crippen LogP contribution in [0.5, 0.6) is 0 Å². The number of nitrogens with one attached hydrogen (secondary N) is 1. The fourth-order valence-electron chi connectivity index (χ4n) is 2.56. The van der Waals surface area contributed by atoms with E-state index in [0.29, 0.717) is 0 Å². The lowest BCUT2D eigenvalue weighted by atomic mass is 9.96. The van der Waals surface area contributed by atoms with Crippen LogP contribution in [0.2, 0.25) is 0 Å². The van der Waals surface area contributed by atoms with E-state index in [9.17, 15) is 35.0 Å². The SMILES string of the molecule is O=C(NCCC(O)C(O)c1cc([N+](=O)[O-])ccc1C(=O)O)OCc1ccccc1. The molecule has 10 heteroatoms. The van der Waals surface area contributed by atoms with Crippen LogP contribution in [0.1, 0.15) is 34.0 Å². The van der Waals surface area contributed by atoms with Crippen molar-refractivity contribution in [2.75, 3.05) is 6.54 Å². The zero-order valence-electron chi connectivity index (χ0n) is 15.2. The summed E-state index contributed by atoms with van der Waals surface area (Å²) in [6.45, 7) is -0.00329. The molecular formula is C19H20N2O8. The number of rotatable bonds is 9.